The van der Waals surface area contributed by atoms with E-state index in [2.05, 4.69) is 0 Å². The van der Waals surface area contributed by atoms with Crippen LogP contribution < -0.4 is 0 Å². The lowest BCUT2D eigenvalue weighted by Crippen LogP contribution is -2.19. The Morgan fingerprint density at radius 1 is 1.21 bits per heavy atom. The summed E-state index contributed by atoms with van der Waals surface area (Å²) in [4.78, 5) is 23.4. The summed E-state index contributed by atoms with van der Waals surface area (Å²) in [7, 11) is 0. The van der Waals surface area contributed by atoms with Crippen molar-refractivity contribution in [3.63, 3.8) is 0 Å². The Labute approximate surface area is 145 Å². The number of rotatable bonds is 6. The van der Waals surface area contributed by atoms with E-state index in [4.69, 9.17) is 16.3 Å². The van der Waals surface area contributed by atoms with Crippen molar-refractivity contribution in [1.82, 2.24) is 0 Å². The molecular formula is C20H17ClO3. The van der Waals surface area contributed by atoms with Crippen molar-refractivity contribution >= 4 is 23.9 Å². The third-order valence-electron chi connectivity index (χ3n) is 4.32. The molecule has 0 bridgehead atoms. The van der Waals surface area contributed by atoms with Gasteiger partial charge in [-0.15, -0.1) is 0 Å². The molecule has 2 atom stereocenters. The molecule has 0 N–H and O–H groups in total. The van der Waals surface area contributed by atoms with Gasteiger partial charge in [0.05, 0.1) is 5.41 Å². The Balaban J connectivity index is 1.76. The van der Waals surface area contributed by atoms with Gasteiger partial charge < -0.3 is 4.74 Å². The van der Waals surface area contributed by atoms with Gasteiger partial charge in [-0.05, 0) is 35.8 Å². The van der Waals surface area contributed by atoms with E-state index in [1.165, 1.54) is 6.08 Å². The third kappa shape index (κ3) is 3.41. The van der Waals surface area contributed by atoms with Gasteiger partial charge in [0.1, 0.15) is 12.9 Å². The lowest BCUT2D eigenvalue weighted by molar-refractivity contribution is -0.149. The Hall–Kier alpha value is -2.39. The highest BCUT2D eigenvalue weighted by Crippen LogP contribution is 2.61. The second-order valence-electron chi connectivity index (χ2n) is 5.91. The standard InChI is InChI=1S/C20H17ClO3/c21-17-9-4-8-16(12-17)18-13-20(18,10-5-11-22)19(23)24-14-15-6-2-1-3-7-15/h1-12,18H,13-14H2/b10-5+/t18-,20+/m1/s1. The van der Waals surface area contributed by atoms with E-state index < -0.39 is 5.41 Å². The molecular weight excluding hydrogens is 324 g/mol. The molecule has 1 aliphatic rings. The molecule has 24 heavy (non-hydrogen) atoms. The fraction of sp³-hybridized carbons (Fsp3) is 0.200. The molecule has 0 spiro atoms. The van der Waals surface area contributed by atoms with Crippen molar-refractivity contribution in [1.29, 1.82) is 0 Å². The Kier molecular flexibility index (Phi) is 4.81. The largest absolute Gasteiger partial charge is 0.460 e. The normalized spacial score (nSPS) is 22.3. The maximum absolute atomic E-state index is 12.7. The number of esters is 1. The van der Waals surface area contributed by atoms with Crippen LogP contribution in [-0.2, 0) is 20.9 Å². The summed E-state index contributed by atoms with van der Waals surface area (Å²) in [6.45, 7) is 0.221. The van der Waals surface area contributed by atoms with Crippen molar-refractivity contribution < 1.29 is 14.3 Å². The molecule has 3 nitrogen and oxygen atoms in total. The quantitative estimate of drug-likeness (QED) is 0.447. The summed E-state index contributed by atoms with van der Waals surface area (Å²) in [5.74, 6) is -0.329. The molecule has 0 heterocycles. The first-order valence-electron chi connectivity index (χ1n) is 7.75. The summed E-state index contributed by atoms with van der Waals surface area (Å²) >= 11 is 6.04. The SMILES string of the molecule is O=C/C=C/[C@]1(C(=O)OCc2ccccc2)C[C@@H]1c1cccc(Cl)c1. The van der Waals surface area contributed by atoms with Crippen LogP contribution in [0.15, 0.2) is 66.7 Å². The molecule has 2 aromatic rings. The minimum atomic E-state index is -0.777. The average molecular weight is 341 g/mol. The lowest BCUT2D eigenvalue weighted by atomic mass is 9.98. The van der Waals surface area contributed by atoms with Crippen LogP contribution in [0, 0.1) is 5.41 Å². The highest BCUT2D eigenvalue weighted by molar-refractivity contribution is 6.30. The van der Waals surface area contributed by atoms with Crippen LogP contribution in [0.2, 0.25) is 5.02 Å². The van der Waals surface area contributed by atoms with Gasteiger partial charge in [-0.25, -0.2) is 0 Å². The van der Waals surface area contributed by atoms with Crippen molar-refractivity contribution in [2.45, 2.75) is 18.9 Å². The second kappa shape index (κ2) is 7.02. The first-order chi connectivity index (χ1) is 11.7. The van der Waals surface area contributed by atoms with E-state index in [1.54, 1.807) is 12.1 Å². The first kappa shape index (κ1) is 16.5. The summed E-state index contributed by atoms with van der Waals surface area (Å²) in [5, 5.41) is 0.630. The van der Waals surface area contributed by atoms with Crippen LogP contribution in [0.25, 0.3) is 0 Å². The van der Waals surface area contributed by atoms with E-state index in [0.29, 0.717) is 17.7 Å². The van der Waals surface area contributed by atoms with Crippen LogP contribution in [0.4, 0.5) is 0 Å². The van der Waals surface area contributed by atoms with Crippen molar-refractivity contribution in [3.8, 4) is 0 Å². The molecule has 1 saturated carbocycles. The van der Waals surface area contributed by atoms with Gasteiger partial charge in [0, 0.05) is 10.9 Å². The molecule has 1 aliphatic carbocycles. The summed E-state index contributed by atoms with van der Waals surface area (Å²) in [5.41, 5.74) is 1.13. The number of hydrogen-bond donors (Lipinski definition) is 0. The van der Waals surface area contributed by atoms with Gasteiger partial charge in [0.2, 0.25) is 0 Å². The number of carbonyl (C=O) groups excluding carboxylic acids is 2. The zero-order valence-electron chi connectivity index (χ0n) is 13.0. The predicted octanol–water partition coefficient (Wildman–Crippen LogP) is 4.31. The predicted molar refractivity (Wildman–Crippen MR) is 92.7 cm³/mol. The number of hydrogen-bond acceptors (Lipinski definition) is 3. The molecule has 0 aliphatic heterocycles. The number of carbonyl (C=O) groups is 2. The van der Waals surface area contributed by atoms with E-state index in [1.807, 2.05) is 48.5 Å². The molecule has 1 fully saturated rings. The minimum Gasteiger partial charge on any atom is -0.460 e. The topological polar surface area (TPSA) is 43.4 Å². The van der Waals surface area contributed by atoms with Crippen LogP contribution in [0.3, 0.4) is 0 Å². The number of halogens is 1. The molecule has 0 amide bonds. The highest BCUT2D eigenvalue weighted by Gasteiger charge is 2.60. The average Bonchev–Trinajstić information content (AvgIpc) is 3.35. The minimum absolute atomic E-state index is 0.0179. The smallest absolute Gasteiger partial charge is 0.316 e. The maximum Gasteiger partial charge on any atom is 0.316 e. The van der Waals surface area contributed by atoms with Crippen molar-refractivity contribution in [2.75, 3.05) is 0 Å². The summed E-state index contributed by atoms with van der Waals surface area (Å²) in [6, 6.07) is 17.0. The van der Waals surface area contributed by atoms with E-state index >= 15 is 0 Å². The van der Waals surface area contributed by atoms with Crippen molar-refractivity contribution in [3.05, 3.63) is 82.9 Å². The monoisotopic (exact) mass is 340 g/mol. The van der Waals surface area contributed by atoms with E-state index in [-0.39, 0.29) is 18.5 Å². The number of ether oxygens (including phenoxy) is 1. The molecule has 3 rings (SSSR count). The lowest BCUT2D eigenvalue weighted by Gasteiger charge is -2.13. The van der Waals surface area contributed by atoms with Gasteiger partial charge in [0.15, 0.2) is 0 Å². The molecule has 2 aromatic carbocycles. The maximum atomic E-state index is 12.7. The molecule has 4 heteroatoms. The summed E-state index contributed by atoms with van der Waals surface area (Å²) < 4.78 is 5.50. The first-order valence-corrected chi connectivity index (χ1v) is 8.13. The van der Waals surface area contributed by atoms with Gasteiger partial charge in [-0.2, -0.15) is 0 Å². The molecule has 122 valence electrons. The van der Waals surface area contributed by atoms with Crippen molar-refractivity contribution in [2.24, 2.45) is 5.41 Å². The third-order valence-corrected chi connectivity index (χ3v) is 4.55. The van der Waals surface area contributed by atoms with Gasteiger partial charge in [-0.3, -0.25) is 9.59 Å². The molecule has 0 unspecified atom stereocenters. The van der Waals surface area contributed by atoms with Crippen LogP contribution in [-0.4, -0.2) is 12.3 Å². The number of benzene rings is 2. The van der Waals surface area contributed by atoms with Crippen LogP contribution >= 0.6 is 11.6 Å². The fourth-order valence-electron chi connectivity index (χ4n) is 2.96. The Morgan fingerprint density at radius 3 is 2.71 bits per heavy atom. The number of aldehydes is 1. The summed E-state index contributed by atoms with van der Waals surface area (Å²) in [6.07, 6.45) is 4.32. The zero-order valence-corrected chi connectivity index (χ0v) is 13.8. The number of allylic oxidation sites excluding steroid dienone is 1. The zero-order chi connectivity index (χ0) is 17.0. The molecule has 0 aromatic heterocycles. The van der Waals surface area contributed by atoms with E-state index in [9.17, 15) is 9.59 Å². The van der Waals surface area contributed by atoms with E-state index in [0.717, 1.165) is 11.1 Å². The molecule has 0 radical (unpaired) electrons. The second-order valence-corrected chi connectivity index (χ2v) is 6.35. The van der Waals surface area contributed by atoms with Crippen LogP contribution in [0.5, 0.6) is 0 Å². The highest BCUT2D eigenvalue weighted by atomic mass is 35.5. The Bertz CT molecular complexity index is 769. The van der Waals surface area contributed by atoms with Gasteiger partial charge in [-0.1, -0.05) is 60.1 Å². The fourth-order valence-corrected chi connectivity index (χ4v) is 3.16. The van der Waals surface area contributed by atoms with Gasteiger partial charge in [0.25, 0.3) is 0 Å². The molecule has 0 saturated heterocycles. The van der Waals surface area contributed by atoms with Gasteiger partial charge >= 0.3 is 5.97 Å². The van der Waals surface area contributed by atoms with Crippen LogP contribution in [0.1, 0.15) is 23.5 Å². The Morgan fingerprint density at radius 2 is 2.00 bits per heavy atom.